The maximum Gasteiger partial charge on any atom is 0.288 e. The van der Waals surface area contributed by atoms with Crippen LogP contribution >= 0.6 is 0 Å². The fourth-order valence-electron chi connectivity index (χ4n) is 4.13. The fraction of sp³-hybridized carbons (Fsp3) is 0.381. The van der Waals surface area contributed by atoms with Crippen molar-refractivity contribution in [2.45, 2.75) is 18.6 Å². The Balaban J connectivity index is 1.49. The molecule has 2 aromatic carbocycles. The molecule has 0 amide bonds. The number of nitrogens with zero attached hydrogens (tertiary/aromatic N) is 2. The van der Waals surface area contributed by atoms with Crippen LogP contribution in [0.3, 0.4) is 0 Å². The van der Waals surface area contributed by atoms with Gasteiger partial charge in [-0.25, -0.2) is 9.38 Å². The number of aliphatic imine (C=N–C) groups is 1. The Morgan fingerprint density at radius 1 is 1.08 bits per heavy atom. The summed E-state index contributed by atoms with van der Waals surface area (Å²) in [5.41, 5.74) is 3.67. The molecule has 5 heteroatoms. The largest absolute Gasteiger partial charge is 0.459 e. The maximum atomic E-state index is 13.5. The lowest BCUT2D eigenvalue weighted by atomic mass is 9.88. The van der Waals surface area contributed by atoms with Crippen molar-refractivity contribution in [3.63, 3.8) is 0 Å². The Kier molecular flexibility index (Phi) is 3.89. The molecule has 4 nitrogen and oxygen atoms in total. The van der Waals surface area contributed by atoms with Crippen molar-refractivity contribution in [2.75, 3.05) is 26.2 Å². The third kappa shape index (κ3) is 2.67. The highest BCUT2D eigenvalue weighted by atomic mass is 19.1. The maximum absolute atomic E-state index is 13.5. The van der Waals surface area contributed by atoms with Crippen molar-refractivity contribution in [1.29, 1.82) is 0 Å². The van der Waals surface area contributed by atoms with Crippen molar-refractivity contribution in [2.24, 2.45) is 10.9 Å². The molecule has 134 valence electrons. The van der Waals surface area contributed by atoms with E-state index in [4.69, 9.17) is 9.73 Å². The summed E-state index contributed by atoms with van der Waals surface area (Å²) in [7, 11) is 0. The second kappa shape index (κ2) is 6.40. The van der Waals surface area contributed by atoms with Crippen molar-refractivity contribution in [3.05, 3.63) is 71.0 Å². The summed E-state index contributed by atoms with van der Waals surface area (Å²) >= 11 is 0. The van der Waals surface area contributed by atoms with Gasteiger partial charge in [0.15, 0.2) is 0 Å². The summed E-state index contributed by atoms with van der Waals surface area (Å²) in [6.07, 6.45) is 1.14. The molecule has 2 aromatic rings. The Hall–Kier alpha value is -2.40. The van der Waals surface area contributed by atoms with Gasteiger partial charge in [-0.15, -0.1) is 0 Å². The second-order valence-corrected chi connectivity index (χ2v) is 7.29. The van der Waals surface area contributed by atoms with E-state index in [0.717, 1.165) is 44.2 Å². The molecule has 0 spiro atoms. The zero-order valence-corrected chi connectivity index (χ0v) is 14.6. The van der Waals surface area contributed by atoms with Gasteiger partial charge in [-0.1, -0.05) is 36.4 Å². The van der Waals surface area contributed by atoms with Gasteiger partial charge in [0.2, 0.25) is 0 Å². The van der Waals surface area contributed by atoms with Gasteiger partial charge in [0.05, 0.1) is 12.6 Å². The van der Waals surface area contributed by atoms with E-state index in [2.05, 4.69) is 34.5 Å². The van der Waals surface area contributed by atoms with E-state index < -0.39 is 0 Å². The van der Waals surface area contributed by atoms with E-state index in [-0.39, 0.29) is 18.0 Å². The van der Waals surface area contributed by atoms with Crippen LogP contribution in [0.1, 0.15) is 22.7 Å². The number of nitrogens with one attached hydrogen (secondary N) is 1. The first-order valence-electron chi connectivity index (χ1n) is 9.31. The van der Waals surface area contributed by atoms with Gasteiger partial charge in [0, 0.05) is 25.6 Å². The minimum Gasteiger partial charge on any atom is -0.459 e. The third-order valence-corrected chi connectivity index (χ3v) is 5.72. The zero-order chi connectivity index (χ0) is 17.5. The molecule has 0 bridgehead atoms. The molecule has 0 aromatic heterocycles. The average Bonchev–Trinajstić information content (AvgIpc) is 3.09. The highest BCUT2D eigenvalue weighted by Crippen LogP contribution is 2.36. The minimum absolute atomic E-state index is 0.0116. The smallest absolute Gasteiger partial charge is 0.288 e. The zero-order valence-electron chi connectivity index (χ0n) is 14.6. The van der Waals surface area contributed by atoms with E-state index >= 15 is 0 Å². The Morgan fingerprint density at radius 3 is 2.65 bits per heavy atom. The van der Waals surface area contributed by atoms with Gasteiger partial charge >= 0.3 is 0 Å². The predicted octanol–water partition coefficient (Wildman–Crippen LogP) is 2.75. The Morgan fingerprint density at radius 2 is 1.88 bits per heavy atom. The number of ether oxygens (including phenoxy) is 1. The summed E-state index contributed by atoms with van der Waals surface area (Å²) in [6.45, 7) is 3.61. The number of hydrogen-bond donors (Lipinski definition) is 1. The van der Waals surface area contributed by atoms with E-state index in [0.29, 0.717) is 5.92 Å². The van der Waals surface area contributed by atoms with Crippen LogP contribution in [0.2, 0.25) is 0 Å². The molecule has 0 saturated carbocycles. The Bertz CT molecular complexity index is 831. The molecule has 1 fully saturated rings. The molecule has 26 heavy (non-hydrogen) atoms. The molecule has 0 radical (unpaired) electrons. The van der Waals surface area contributed by atoms with Crippen LogP contribution in [0, 0.1) is 11.7 Å². The molecule has 1 N–H and O–H groups in total. The molecule has 5 rings (SSSR count). The van der Waals surface area contributed by atoms with Gasteiger partial charge in [-0.3, -0.25) is 0 Å². The highest BCUT2D eigenvalue weighted by Gasteiger charge is 2.38. The average molecular weight is 351 g/mol. The summed E-state index contributed by atoms with van der Waals surface area (Å²) in [4.78, 5) is 6.98. The van der Waals surface area contributed by atoms with Crippen LogP contribution in [0.4, 0.5) is 4.39 Å². The summed E-state index contributed by atoms with van der Waals surface area (Å²) in [5.74, 6) is 0.342. The molecule has 0 aliphatic carbocycles. The van der Waals surface area contributed by atoms with Crippen molar-refractivity contribution in [1.82, 2.24) is 10.2 Å². The van der Waals surface area contributed by atoms with Crippen molar-refractivity contribution in [3.8, 4) is 0 Å². The Labute approximate surface area is 152 Å². The number of benzene rings is 2. The summed E-state index contributed by atoms with van der Waals surface area (Å²) < 4.78 is 19.7. The van der Waals surface area contributed by atoms with E-state index in [1.807, 2.05) is 12.1 Å². The van der Waals surface area contributed by atoms with Crippen molar-refractivity contribution >= 4 is 6.02 Å². The third-order valence-electron chi connectivity index (χ3n) is 5.72. The molecule has 2 atom stereocenters. The molecule has 0 unspecified atom stereocenters. The van der Waals surface area contributed by atoms with Crippen LogP contribution in [0.25, 0.3) is 0 Å². The second-order valence-electron chi connectivity index (χ2n) is 7.29. The topological polar surface area (TPSA) is 36.9 Å². The van der Waals surface area contributed by atoms with Gasteiger partial charge in [-0.2, -0.15) is 0 Å². The summed E-state index contributed by atoms with van der Waals surface area (Å²) in [5, 5.41) is 3.31. The lowest BCUT2D eigenvalue weighted by molar-refractivity contribution is 0.0909. The van der Waals surface area contributed by atoms with Crippen LogP contribution in [0.15, 0.2) is 53.5 Å². The highest BCUT2D eigenvalue weighted by molar-refractivity contribution is 5.77. The van der Waals surface area contributed by atoms with Crippen LogP contribution < -0.4 is 5.32 Å². The summed E-state index contributed by atoms with van der Waals surface area (Å²) in [6, 6.07) is 16.1. The molecule has 3 heterocycles. The lowest BCUT2D eigenvalue weighted by Crippen LogP contribution is -2.50. The quantitative estimate of drug-likeness (QED) is 0.904. The van der Waals surface area contributed by atoms with Crippen LogP contribution in [-0.4, -0.2) is 43.2 Å². The molecular weight excluding hydrogens is 329 g/mol. The fourth-order valence-corrected chi connectivity index (χ4v) is 4.13. The first-order chi connectivity index (χ1) is 12.8. The van der Waals surface area contributed by atoms with Gasteiger partial charge < -0.3 is 15.0 Å². The number of halogens is 1. The molecule has 1 saturated heterocycles. The number of hydrogen-bond acceptors (Lipinski definition) is 4. The SMILES string of the molecule is Fc1ccc([C@H]2c3ccccc3CCN2C2=NC[C@@H](C3CNC3)O2)cc1. The van der Waals surface area contributed by atoms with E-state index in [9.17, 15) is 4.39 Å². The van der Waals surface area contributed by atoms with Gasteiger partial charge in [0.1, 0.15) is 11.9 Å². The van der Waals surface area contributed by atoms with Gasteiger partial charge in [-0.05, 0) is 35.2 Å². The van der Waals surface area contributed by atoms with E-state index in [1.165, 1.54) is 23.3 Å². The van der Waals surface area contributed by atoms with Crippen LogP contribution in [0.5, 0.6) is 0 Å². The van der Waals surface area contributed by atoms with Crippen molar-refractivity contribution < 1.29 is 9.13 Å². The molecule has 3 aliphatic heterocycles. The van der Waals surface area contributed by atoms with Crippen LogP contribution in [-0.2, 0) is 11.2 Å². The normalized spacial score (nSPS) is 25.3. The van der Waals surface area contributed by atoms with E-state index in [1.54, 1.807) is 0 Å². The predicted molar refractivity (Wildman–Crippen MR) is 98.6 cm³/mol. The lowest BCUT2D eigenvalue weighted by Gasteiger charge is -2.39. The number of amidine groups is 1. The minimum atomic E-state index is -0.212. The van der Waals surface area contributed by atoms with Gasteiger partial charge in [0.25, 0.3) is 6.02 Å². The standard InChI is InChI=1S/C21H22FN3O/c22-17-7-5-15(6-8-17)20-18-4-2-1-3-14(18)9-10-25(20)21-24-13-19(26-21)16-11-23-12-16/h1-8,16,19-20,23H,9-13H2/t19-,20-/m0/s1. The molecular formula is C21H22FN3O. The number of fused-ring (bicyclic) bond motifs is 1. The molecule has 3 aliphatic rings. The monoisotopic (exact) mass is 351 g/mol. The first-order valence-corrected chi connectivity index (χ1v) is 9.31. The first kappa shape index (κ1) is 15.8. The number of rotatable bonds is 2.